The zero-order valence-corrected chi connectivity index (χ0v) is 17.3. The molecular formula is C25H25N3O2. The van der Waals surface area contributed by atoms with Crippen LogP contribution >= 0.6 is 0 Å². The molecule has 1 aliphatic heterocycles. The van der Waals surface area contributed by atoms with E-state index in [0.717, 1.165) is 30.0 Å². The van der Waals surface area contributed by atoms with Crippen LogP contribution in [-0.2, 0) is 17.9 Å². The Bertz CT molecular complexity index is 1060. The van der Waals surface area contributed by atoms with Gasteiger partial charge >= 0.3 is 0 Å². The van der Waals surface area contributed by atoms with Crippen LogP contribution in [0.3, 0.4) is 0 Å². The highest BCUT2D eigenvalue weighted by molar-refractivity contribution is 6.15. The first-order valence-electron chi connectivity index (χ1n) is 10.0. The summed E-state index contributed by atoms with van der Waals surface area (Å²) in [6.45, 7) is 1.61. The van der Waals surface area contributed by atoms with E-state index in [1.165, 1.54) is 5.56 Å². The minimum absolute atomic E-state index is 0.0461. The number of fused-ring (bicyclic) bond motifs is 1. The molecule has 0 saturated carbocycles. The lowest BCUT2D eigenvalue weighted by Crippen LogP contribution is -2.46. The third-order valence-corrected chi connectivity index (χ3v) is 5.37. The number of carbonyl (C=O) groups is 2. The minimum atomic E-state index is -0.156. The van der Waals surface area contributed by atoms with Gasteiger partial charge in [0.2, 0.25) is 5.91 Å². The monoisotopic (exact) mass is 399 g/mol. The Balaban J connectivity index is 1.53. The molecule has 0 fully saturated rings. The van der Waals surface area contributed by atoms with Crippen LogP contribution in [0.4, 0.5) is 11.4 Å². The lowest BCUT2D eigenvalue weighted by Gasteiger charge is -2.34. The zero-order chi connectivity index (χ0) is 21.1. The SMILES string of the molecule is CN(Cc1ccccc1)Cc1cccc(C(=O)N2CC(=O)N(C)c3ccccc32)c1. The van der Waals surface area contributed by atoms with Gasteiger partial charge in [0.1, 0.15) is 6.54 Å². The van der Waals surface area contributed by atoms with Gasteiger partial charge < -0.3 is 4.90 Å². The predicted molar refractivity (Wildman–Crippen MR) is 120 cm³/mol. The van der Waals surface area contributed by atoms with Crippen LogP contribution in [-0.4, -0.2) is 37.4 Å². The summed E-state index contributed by atoms with van der Waals surface area (Å²) in [6, 6.07) is 25.5. The Kier molecular flexibility index (Phi) is 5.63. The molecule has 0 spiro atoms. The molecule has 3 aromatic rings. The molecule has 0 aromatic heterocycles. The molecular weight excluding hydrogens is 374 g/mol. The van der Waals surface area contributed by atoms with E-state index in [1.807, 2.05) is 66.7 Å². The van der Waals surface area contributed by atoms with E-state index in [1.54, 1.807) is 16.8 Å². The summed E-state index contributed by atoms with van der Waals surface area (Å²) in [5.74, 6) is -0.253. The molecule has 1 heterocycles. The molecule has 152 valence electrons. The molecule has 0 atom stereocenters. The van der Waals surface area contributed by atoms with Crippen molar-refractivity contribution in [2.75, 3.05) is 30.4 Å². The van der Waals surface area contributed by atoms with Crippen molar-refractivity contribution < 1.29 is 9.59 Å². The fraction of sp³-hybridized carbons (Fsp3) is 0.200. The van der Waals surface area contributed by atoms with Crippen LogP contribution < -0.4 is 9.80 Å². The molecule has 30 heavy (non-hydrogen) atoms. The molecule has 0 bridgehead atoms. The van der Waals surface area contributed by atoms with Crippen LogP contribution in [0.1, 0.15) is 21.5 Å². The van der Waals surface area contributed by atoms with Gasteiger partial charge in [0.25, 0.3) is 5.91 Å². The Morgan fingerprint density at radius 2 is 1.50 bits per heavy atom. The van der Waals surface area contributed by atoms with Crippen molar-refractivity contribution in [1.29, 1.82) is 0 Å². The van der Waals surface area contributed by atoms with Crippen LogP contribution in [0.25, 0.3) is 0 Å². The van der Waals surface area contributed by atoms with E-state index in [0.29, 0.717) is 5.56 Å². The minimum Gasteiger partial charge on any atom is -0.312 e. The Morgan fingerprint density at radius 3 is 2.27 bits per heavy atom. The molecule has 4 rings (SSSR count). The molecule has 1 aliphatic rings. The van der Waals surface area contributed by atoms with Crippen LogP contribution in [0.5, 0.6) is 0 Å². The first-order valence-corrected chi connectivity index (χ1v) is 10.0. The molecule has 0 N–H and O–H groups in total. The Morgan fingerprint density at radius 1 is 0.867 bits per heavy atom. The number of benzene rings is 3. The smallest absolute Gasteiger partial charge is 0.258 e. The normalized spacial score (nSPS) is 13.5. The number of carbonyl (C=O) groups excluding carboxylic acids is 2. The molecule has 5 nitrogen and oxygen atoms in total. The number of para-hydroxylation sites is 2. The molecule has 0 aliphatic carbocycles. The Labute approximate surface area is 177 Å². The Hall–Kier alpha value is -3.44. The number of rotatable bonds is 5. The van der Waals surface area contributed by atoms with Crippen molar-refractivity contribution in [2.45, 2.75) is 13.1 Å². The van der Waals surface area contributed by atoms with E-state index < -0.39 is 0 Å². The fourth-order valence-corrected chi connectivity index (χ4v) is 3.84. The predicted octanol–water partition coefficient (Wildman–Crippen LogP) is 3.94. The summed E-state index contributed by atoms with van der Waals surface area (Å²) in [5.41, 5.74) is 4.41. The number of anilines is 2. The molecule has 0 saturated heterocycles. The van der Waals surface area contributed by atoms with Gasteiger partial charge in [-0.25, -0.2) is 0 Å². The first kappa shape index (κ1) is 19.9. The van der Waals surface area contributed by atoms with Crippen LogP contribution in [0.2, 0.25) is 0 Å². The van der Waals surface area contributed by atoms with Crippen LogP contribution in [0.15, 0.2) is 78.9 Å². The number of nitrogens with zero attached hydrogens (tertiary/aromatic N) is 3. The number of likely N-dealkylation sites (N-methyl/N-ethyl adjacent to an activating group) is 1. The maximum Gasteiger partial charge on any atom is 0.258 e. The van der Waals surface area contributed by atoms with Crippen molar-refractivity contribution in [3.05, 3.63) is 95.6 Å². The summed E-state index contributed by atoms with van der Waals surface area (Å²) >= 11 is 0. The quantitative estimate of drug-likeness (QED) is 0.653. The van der Waals surface area contributed by atoms with Gasteiger partial charge in [-0.2, -0.15) is 0 Å². The molecule has 2 amide bonds. The van der Waals surface area contributed by atoms with Crippen molar-refractivity contribution in [3.8, 4) is 0 Å². The summed E-state index contributed by atoms with van der Waals surface area (Å²) < 4.78 is 0. The summed E-state index contributed by atoms with van der Waals surface area (Å²) in [6.07, 6.45) is 0. The number of hydrogen-bond donors (Lipinski definition) is 0. The second-order valence-corrected chi connectivity index (χ2v) is 7.69. The van der Waals surface area contributed by atoms with E-state index in [4.69, 9.17) is 0 Å². The molecule has 0 unspecified atom stereocenters. The summed E-state index contributed by atoms with van der Waals surface area (Å²) in [5, 5.41) is 0. The third kappa shape index (κ3) is 4.11. The summed E-state index contributed by atoms with van der Waals surface area (Å²) in [7, 11) is 3.81. The van der Waals surface area contributed by atoms with Crippen LogP contribution in [0, 0.1) is 0 Å². The maximum atomic E-state index is 13.3. The zero-order valence-electron chi connectivity index (χ0n) is 17.3. The lowest BCUT2D eigenvalue weighted by molar-refractivity contribution is -0.117. The average Bonchev–Trinajstić information content (AvgIpc) is 2.76. The van der Waals surface area contributed by atoms with Gasteiger partial charge in [-0.1, -0.05) is 54.6 Å². The summed E-state index contributed by atoms with van der Waals surface area (Å²) in [4.78, 5) is 31.1. The molecule has 0 radical (unpaired) electrons. The van der Waals surface area contributed by atoms with Gasteiger partial charge in [0.15, 0.2) is 0 Å². The van der Waals surface area contributed by atoms with E-state index >= 15 is 0 Å². The van der Waals surface area contributed by atoms with Gasteiger partial charge in [0.05, 0.1) is 11.4 Å². The van der Waals surface area contributed by atoms with Gasteiger partial charge in [0, 0.05) is 25.7 Å². The highest BCUT2D eigenvalue weighted by atomic mass is 16.2. The number of amides is 2. The standard InChI is InChI=1S/C25H25N3O2/c1-26(16-19-9-4-3-5-10-19)17-20-11-8-12-21(15-20)25(30)28-18-24(29)27(2)22-13-6-7-14-23(22)28/h3-15H,16-18H2,1-2H3. The van der Waals surface area contributed by atoms with Crippen molar-refractivity contribution in [3.63, 3.8) is 0 Å². The van der Waals surface area contributed by atoms with Crippen molar-refractivity contribution in [1.82, 2.24) is 4.90 Å². The van der Waals surface area contributed by atoms with Gasteiger partial charge in [-0.05, 0) is 42.4 Å². The lowest BCUT2D eigenvalue weighted by atomic mass is 10.1. The van der Waals surface area contributed by atoms with Crippen molar-refractivity contribution in [2.24, 2.45) is 0 Å². The maximum absolute atomic E-state index is 13.3. The highest BCUT2D eigenvalue weighted by Crippen LogP contribution is 2.33. The van der Waals surface area contributed by atoms with Gasteiger partial charge in [-0.3, -0.25) is 19.4 Å². The van der Waals surface area contributed by atoms with E-state index in [-0.39, 0.29) is 18.4 Å². The highest BCUT2D eigenvalue weighted by Gasteiger charge is 2.30. The molecule has 5 heteroatoms. The average molecular weight is 399 g/mol. The number of hydrogen-bond acceptors (Lipinski definition) is 3. The van der Waals surface area contributed by atoms with Gasteiger partial charge in [-0.15, -0.1) is 0 Å². The topological polar surface area (TPSA) is 43.9 Å². The van der Waals surface area contributed by atoms with E-state index in [9.17, 15) is 9.59 Å². The molecule has 3 aromatic carbocycles. The fourth-order valence-electron chi connectivity index (χ4n) is 3.84. The van der Waals surface area contributed by atoms with E-state index in [2.05, 4.69) is 24.1 Å². The first-order chi connectivity index (χ1) is 14.5. The second kappa shape index (κ2) is 8.51. The third-order valence-electron chi connectivity index (χ3n) is 5.37. The van der Waals surface area contributed by atoms with Crippen molar-refractivity contribution >= 4 is 23.2 Å². The largest absolute Gasteiger partial charge is 0.312 e. The second-order valence-electron chi connectivity index (χ2n) is 7.69.